The second-order valence-electron chi connectivity index (χ2n) is 7.99. The molecule has 4 rings (SSSR count). The van der Waals surface area contributed by atoms with E-state index in [-0.39, 0.29) is 24.3 Å². The average Bonchev–Trinajstić information content (AvgIpc) is 3.37. The number of benzene rings is 3. The zero-order valence-corrected chi connectivity index (χ0v) is 22.0. The van der Waals surface area contributed by atoms with Crippen LogP contribution in [0.25, 0.3) is 10.6 Å². The third-order valence-corrected chi connectivity index (χ3v) is 7.65. The molecule has 0 fully saturated rings. The number of thioether (sulfide) groups is 1. The van der Waals surface area contributed by atoms with Gasteiger partial charge in [0.1, 0.15) is 5.01 Å². The molecule has 0 radical (unpaired) electrons. The van der Waals surface area contributed by atoms with Crippen LogP contribution >= 0.6 is 34.7 Å². The van der Waals surface area contributed by atoms with Gasteiger partial charge in [-0.3, -0.25) is 9.59 Å². The van der Waals surface area contributed by atoms with Crippen LogP contribution in [0.1, 0.15) is 24.9 Å². The summed E-state index contributed by atoms with van der Waals surface area (Å²) in [6.07, 6.45) is 0.148. The number of aromatic nitrogens is 2. The van der Waals surface area contributed by atoms with E-state index in [0.29, 0.717) is 27.5 Å². The molecule has 6 nitrogen and oxygen atoms in total. The molecular weight excluding hydrogens is 512 g/mol. The lowest BCUT2D eigenvalue weighted by molar-refractivity contribution is -0.131. The quantitative estimate of drug-likeness (QED) is 0.232. The second-order valence-corrected chi connectivity index (χ2v) is 10.5. The molecule has 1 aromatic heterocycles. The Labute approximate surface area is 223 Å². The van der Waals surface area contributed by atoms with Gasteiger partial charge < -0.3 is 10.2 Å². The lowest BCUT2D eigenvalue weighted by Crippen LogP contribution is -2.37. The molecule has 0 aliphatic carbocycles. The molecule has 0 saturated carbocycles. The van der Waals surface area contributed by atoms with Gasteiger partial charge in [-0.2, -0.15) is 0 Å². The Balaban J connectivity index is 1.39. The number of amides is 2. The maximum atomic E-state index is 13.2. The van der Waals surface area contributed by atoms with Gasteiger partial charge in [-0.1, -0.05) is 83.6 Å². The van der Waals surface area contributed by atoms with Gasteiger partial charge in [-0.05, 0) is 36.8 Å². The molecular formula is C27H25ClN4O2S2. The highest BCUT2D eigenvalue weighted by atomic mass is 35.5. The van der Waals surface area contributed by atoms with E-state index in [2.05, 4.69) is 15.5 Å². The van der Waals surface area contributed by atoms with Gasteiger partial charge in [0.2, 0.25) is 16.9 Å². The highest BCUT2D eigenvalue weighted by Gasteiger charge is 2.23. The van der Waals surface area contributed by atoms with Crippen molar-refractivity contribution in [2.24, 2.45) is 0 Å². The largest absolute Gasteiger partial charge is 0.335 e. The lowest BCUT2D eigenvalue weighted by atomic mass is 10.1. The molecule has 184 valence electrons. The van der Waals surface area contributed by atoms with Crippen LogP contribution in [-0.2, 0) is 9.59 Å². The lowest BCUT2D eigenvalue weighted by Gasteiger charge is -2.29. The Bertz CT molecular complexity index is 1280. The average molecular weight is 537 g/mol. The molecule has 4 aromatic rings. The Morgan fingerprint density at radius 3 is 2.33 bits per heavy atom. The summed E-state index contributed by atoms with van der Waals surface area (Å²) in [5.74, 6) is 0.0560. The molecule has 0 aliphatic heterocycles. The number of nitrogens with zero attached hydrogens (tertiary/aromatic N) is 3. The van der Waals surface area contributed by atoms with E-state index >= 15 is 0 Å². The predicted octanol–water partition coefficient (Wildman–Crippen LogP) is 6.57. The molecule has 0 aliphatic rings. The fourth-order valence-corrected chi connectivity index (χ4v) is 5.27. The van der Waals surface area contributed by atoms with Crippen molar-refractivity contribution in [3.8, 4) is 10.6 Å². The van der Waals surface area contributed by atoms with Crippen molar-refractivity contribution >= 4 is 51.6 Å². The first-order valence-electron chi connectivity index (χ1n) is 11.4. The summed E-state index contributed by atoms with van der Waals surface area (Å²) in [6, 6.07) is 26.8. The number of carbonyl (C=O) groups excluding carboxylic acids is 2. The first-order chi connectivity index (χ1) is 17.5. The Morgan fingerprint density at radius 2 is 1.64 bits per heavy atom. The normalized spacial score (nSPS) is 11.6. The SMILES string of the molecule is C[C@H](c1ccccc1)N(CCC(=O)Nc1nnc(-c2ccc(Cl)cc2)s1)C(=O)CSc1ccccc1. The van der Waals surface area contributed by atoms with Crippen LogP contribution < -0.4 is 5.32 Å². The minimum atomic E-state index is -0.220. The van der Waals surface area contributed by atoms with E-state index < -0.39 is 0 Å². The van der Waals surface area contributed by atoms with E-state index in [1.165, 1.54) is 23.1 Å². The molecule has 9 heteroatoms. The van der Waals surface area contributed by atoms with Gasteiger partial charge in [-0.15, -0.1) is 22.0 Å². The smallest absolute Gasteiger partial charge is 0.233 e. The molecule has 1 atom stereocenters. The Morgan fingerprint density at radius 1 is 0.972 bits per heavy atom. The van der Waals surface area contributed by atoms with Crippen molar-refractivity contribution in [1.82, 2.24) is 15.1 Å². The standard InChI is InChI=1S/C27H25ClN4O2S2/c1-19(20-8-4-2-5-9-20)32(25(34)18-35-23-10-6-3-7-11-23)17-16-24(33)29-27-31-30-26(36-27)21-12-14-22(28)15-13-21/h2-15,19H,16-18H2,1H3,(H,29,31,33)/t19-/m1/s1. The van der Waals surface area contributed by atoms with E-state index in [1.54, 1.807) is 17.0 Å². The van der Waals surface area contributed by atoms with Gasteiger partial charge >= 0.3 is 0 Å². The van der Waals surface area contributed by atoms with Crippen molar-refractivity contribution in [3.05, 3.63) is 95.5 Å². The number of carbonyl (C=O) groups is 2. The van der Waals surface area contributed by atoms with Crippen LogP contribution in [0.3, 0.4) is 0 Å². The third-order valence-electron chi connectivity index (χ3n) is 5.52. The molecule has 0 unspecified atom stereocenters. The van der Waals surface area contributed by atoms with Crippen molar-refractivity contribution < 1.29 is 9.59 Å². The van der Waals surface area contributed by atoms with Crippen LogP contribution in [0.15, 0.2) is 89.8 Å². The van der Waals surface area contributed by atoms with Crippen molar-refractivity contribution in [2.75, 3.05) is 17.6 Å². The summed E-state index contributed by atoms with van der Waals surface area (Å²) in [5, 5.41) is 12.8. The van der Waals surface area contributed by atoms with Crippen LogP contribution in [0, 0.1) is 0 Å². The Hall–Kier alpha value is -3.20. The molecule has 0 saturated heterocycles. The number of hydrogen-bond acceptors (Lipinski definition) is 6. The molecule has 1 N–H and O–H groups in total. The number of hydrogen-bond donors (Lipinski definition) is 1. The highest BCUT2D eigenvalue weighted by molar-refractivity contribution is 8.00. The van der Waals surface area contributed by atoms with E-state index in [1.807, 2.05) is 79.7 Å². The van der Waals surface area contributed by atoms with Gasteiger partial charge in [0.15, 0.2) is 0 Å². The van der Waals surface area contributed by atoms with Crippen molar-refractivity contribution in [1.29, 1.82) is 0 Å². The topological polar surface area (TPSA) is 75.2 Å². The number of rotatable bonds is 10. The van der Waals surface area contributed by atoms with Crippen LogP contribution in [0.2, 0.25) is 5.02 Å². The van der Waals surface area contributed by atoms with Crippen molar-refractivity contribution in [2.45, 2.75) is 24.3 Å². The van der Waals surface area contributed by atoms with Gasteiger partial charge in [0, 0.05) is 28.4 Å². The maximum Gasteiger partial charge on any atom is 0.233 e. The summed E-state index contributed by atoms with van der Waals surface area (Å²) in [4.78, 5) is 28.8. The predicted molar refractivity (Wildman–Crippen MR) is 147 cm³/mol. The molecule has 2 amide bonds. The minimum Gasteiger partial charge on any atom is -0.335 e. The summed E-state index contributed by atoms with van der Waals surface area (Å²) in [5.41, 5.74) is 1.90. The van der Waals surface area contributed by atoms with Crippen LogP contribution in [0.4, 0.5) is 5.13 Å². The van der Waals surface area contributed by atoms with E-state index in [9.17, 15) is 9.59 Å². The molecule has 1 heterocycles. The maximum absolute atomic E-state index is 13.2. The summed E-state index contributed by atoms with van der Waals surface area (Å²) in [6.45, 7) is 2.28. The first kappa shape index (κ1) is 25.9. The first-order valence-corrected chi connectivity index (χ1v) is 13.6. The molecule has 0 spiro atoms. The third kappa shape index (κ3) is 7.16. The van der Waals surface area contributed by atoms with Gasteiger partial charge in [-0.25, -0.2) is 0 Å². The number of anilines is 1. The molecule has 0 bridgehead atoms. The summed E-state index contributed by atoms with van der Waals surface area (Å²) < 4.78 is 0. The highest BCUT2D eigenvalue weighted by Crippen LogP contribution is 2.28. The fraction of sp³-hybridized carbons (Fsp3) is 0.185. The summed E-state index contributed by atoms with van der Waals surface area (Å²) in [7, 11) is 0. The number of nitrogens with one attached hydrogen (secondary N) is 1. The minimum absolute atomic E-state index is 0.0195. The zero-order valence-electron chi connectivity index (χ0n) is 19.6. The van der Waals surface area contributed by atoms with Crippen LogP contribution in [0.5, 0.6) is 0 Å². The van der Waals surface area contributed by atoms with E-state index in [4.69, 9.17) is 11.6 Å². The fourth-order valence-electron chi connectivity index (χ4n) is 3.58. The van der Waals surface area contributed by atoms with Crippen LogP contribution in [-0.4, -0.2) is 39.2 Å². The Kier molecular flexibility index (Phi) is 9.11. The van der Waals surface area contributed by atoms with Gasteiger partial charge in [0.25, 0.3) is 0 Å². The monoisotopic (exact) mass is 536 g/mol. The van der Waals surface area contributed by atoms with Gasteiger partial charge in [0.05, 0.1) is 11.8 Å². The zero-order chi connectivity index (χ0) is 25.3. The number of halogens is 1. The van der Waals surface area contributed by atoms with E-state index in [0.717, 1.165) is 16.0 Å². The molecule has 36 heavy (non-hydrogen) atoms. The van der Waals surface area contributed by atoms with Crippen molar-refractivity contribution in [3.63, 3.8) is 0 Å². The second kappa shape index (κ2) is 12.7. The summed E-state index contributed by atoms with van der Waals surface area (Å²) >= 11 is 8.73. The molecule has 3 aromatic carbocycles.